The van der Waals surface area contributed by atoms with Crippen molar-refractivity contribution < 1.29 is 0 Å². The van der Waals surface area contributed by atoms with E-state index in [1.54, 1.807) is 0 Å². The molecule has 64 valence electrons. The van der Waals surface area contributed by atoms with Crippen molar-refractivity contribution in [3.05, 3.63) is 0 Å². The number of fused-ring (bicyclic) bond motifs is 1. The zero-order valence-corrected chi connectivity index (χ0v) is 8.83. The zero-order chi connectivity index (χ0) is 8.49. The Labute approximate surface area is 75.2 Å². The van der Waals surface area contributed by atoms with Gasteiger partial charge in [0.1, 0.15) is 0 Å². The third-order valence-corrected chi connectivity index (χ3v) is 5.97. The van der Waals surface area contributed by atoms with Gasteiger partial charge in [0.25, 0.3) is 0 Å². The van der Waals surface area contributed by atoms with Crippen LogP contribution in [0.4, 0.5) is 0 Å². The van der Waals surface area contributed by atoms with Crippen LogP contribution in [0.25, 0.3) is 0 Å². The van der Waals surface area contributed by atoms with E-state index in [2.05, 4.69) is 27.7 Å². The molecule has 2 rings (SSSR count). The zero-order valence-electron chi connectivity index (χ0n) is 7.94. The van der Waals surface area contributed by atoms with Gasteiger partial charge in [0.2, 0.25) is 0 Å². The Bertz CT molecular complexity index is 207. The minimum atomic E-state index is 0.384. The molecule has 0 amide bonds. The van der Waals surface area contributed by atoms with Gasteiger partial charge in [-0.25, -0.2) is 0 Å². The molecule has 0 N–H and O–H groups in total. The van der Waals surface area contributed by atoms with Crippen LogP contribution in [-0.4, -0.2) is 4.75 Å². The molecule has 11 heavy (non-hydrogen) atoms. The summed E-state index contributed by atoms with van der Waals surface area (Å²) in [6.07, 6.45) is 2.75. The van der Waals surface area contributed by atoms with Crippen LogP contribution < -0.4 is 0 Å². The van der Waals surface area contributed by atoms with Crippen molar-refractivity contribution in [1.29, 1.82) is 0 Å². The lowest BCUT2D eigenvalue weighted by Crippen LogP contribution is -2.26. The Kier molecular flexibility index (Phi) is 1.20. The topological polar surface area (TPSA) is 0 Å². The van der Waals surface area contributed by atoms with E-state index in [4.69, 9.17) is 12.6 Å². The summed E-state index contributed by atoms with van der Waals surface area (Å²) in [6, 6.07) is 0. The lowest BCUT2D eigenvalue weighted by Gasteiger charge is -2.27. The molecule has 0 spiro atoms. The fraction of sp³-hybridized carbons (Fsp3) is 1.00. The molecular formula is C10H18S. The van der Waals surface area contributed by atoms with Crippen LogP contribution in [-0.2, 0) is 0 Å². The van der Waals surface area contributed by atoms with Crippen molar-refractivity contribution in [1.82, 2.24) is 0 Å². The van der Waals surface area contributed by atoms with Crippen molar-refractivity contribution in [2.75, 3.05) is 0 Å². The van der Waals surface area contributed by atoms with E-state index in [-0.39, 0.29) is 0 Å². The first-order valence-corrected chi connectivity index (χ1v) is 5.13. The minimum Gasteiger partial charge on any atom is -0.171 e. The number of hydrogen-bond acceptors (Lipinski definition) is 1. The van der Waals surface area contributed by atoms with Gasteiger partial charge < -0.3 is 0 Å². The second kappa shape index (κ2) is 1.66. The highest BCUT2D eigenvalue weighted by Crippen LogP contribution is 2.97. The Morgan fingerprint density at radius 2 is 2.00 bits per heavy atom. The lowest BCUT2D eigenvalue weighted by molar-refractivity contribution is 0.390. The predicted octanol–water partition coefficient (Wildman–Crippen LogP) is 3.13. The average molecular weight is 170 g/mol. The molecule has 1 heteroatoms. The Morgan fingerprint density at radius 1 is 1.45 bits per heavy atom. The standard InChI is InChI=1S/C10H18S/c1-5-9-6-8(9,4)10(9,11)7(2)3/h7,11H,5-6H2,1-4H3/t8?,9-,10-/m1/s1. The first-order chi connectivity index (χ1) is 4.96. The van der Waals surface area contributed by atoms with Gasteiger partial charge in [0.15, 0.2) is 0 Å². The normalized spacial score (nSPS) is 59.5. The van der Waals surface area contributed by atoms with Crippen molar-refractivity contribution in [2.24, 2.45) is 16.7 Å². The van der Waals surface area contributed by atoms with Crippen molar-refractivity contribution >= 4 is 12.6 Å². The Balaban J connectivity index is 2.24. The van der Waals surface area contributed by atoms with E-state index in [0.29, 0.717) is 15.6 Å². The number of thiol groups is 1. The van der Waals surface area contributed by atoms with Crippen LogP contribution in [0.3, 0.4) is 0 Å². The van der Waals surface area contributed by atoms with Crippen molar-refractivity contribution in [2.45, 2.75) is 45.3 Å². The summed E-state index contributed by atoms with van der Waals surface area (Å²) in [5.74, 6) is 0.740. The van der Waals surface area contributed by atoms with Gasteiger partial charge in [-0.1, -0.05) is 27.7 Å². The first-order valence-electron chi connectivity index (χ1n) is 4.68. The molecule has 0 aliphatic heterocycles. The van der Waals surface area contributed by atoms with Crippen LogP contribution in [0, 0.1) is 16.7 Å². The second-order valence-electron chi connectivity index (χ2n) is 4.87. The Hall–Kier alpha value is 0.350. The quantitative estimate of drug-likeness (QED) is 0.605. The fourth-order valence-corrected chi connectivity index (χ4v) is 4.38. The van der Waals surface area contributed by atoms with Crippen molar-refractivity contribution in [3.63, 3.8) is 0 Å². The summed E-state index contributed by atoms with van der Waals surface area (Å²) >= 11 is 4.86. The third-order valence-electron chi connectivity index (χ3n) is 4.53. The van der Waals surface area contributed by atoms with Crippen LogP contribution in [0.15, 0.2) is 0 Å². The molecule has 2 aliphatic rings. The molecule has 1 unspecified atom stereocenters. The summed E-state index contributed by atoms with van der Waals surface area (Å²) < 4.78 is 0.384. The highest BCUT2D eigenvalue weighted by molar-refractivity contribution is 7.82. The van der Waals surface area contributed by atoms with Gasteiger partial charge in [-0.3, -0.25) is 0 Å². The molecule has 0 aromatic carbocycles. The summed E-state index contributed by atoms with van der Waals surface area (Å²) in [5.41, 5.74) is 1.24. The van der Waals surface area contributed by atoms with Gasteiger partial charge in [-0.05, 0) is 29.6 Å². The van der Waals surface area contributed by atoms with Crippen LogP contribution in [0.2, 0.25) is 0 Å². The van der Waals surface area contributed by atoms with E-state index in [0.717, 1.165) is 5.92 Å². The smallest absolute Gasteiger partial charge is 0.0274 e. The van der Waals surface area contributed by atoms with Gasteiger partial charge in [-0.15, -0.1) is 0 Å². The summed E-state index contributed by atoms with van der Waals surface area (Å²) in [7, 11) is 0. The fourth-order valence-electron chi connectivity index (χ4n) is 3.66. The molecule has 0 bridgehead atoms. The maximum atomic E-state index is 4.86. The molecule has 2 aliphatic carbocycles. The third kappa shape index (κ3) is 0.491. The molecule has 3 atom stereocenters. The van der Waals surface area contributed by atoms with E-state index < -0.39 is 0 Å². The van der Waals surface area contributed by atoms with E-state index in [1.165, 1.54) is 12.8 Å². The maximum absolute atomic E-state index is 4.86. The van der Waals surface area contributed by atoms with E-state index >= 15 is 0 Å². The summed E-state index contributed by atoms with van der Waals surface area (Å²) in [6.45, 7) is 9.33. The SMILES string of the molecule is CC[C@@]12CC1(C)[C@]2(S)C(C)C. The summed E-state index contributed by atoms with van der Waals surface area (Å²) in [4.78, 5) is 0. The van der Waals surface area contributed by atoms with Crippen LogP contribution >= 0.6 is 12.6 Å². The lowest BCUT2D eigenvalue weighted by atomic mass is 9.89. The van der Waals surface area contributed by atoms with Gasteiger partial charge in [0.05, 0.1) is 0 Å². The average Bonchev–Trinajstić information content (AvgIpc) is 2.69. The number of rotatable bonds is 2. The van der Waals surface area contributed by atoms with Crippen molar-refractivity contribution in [3.8, 4) is 0 Å². The molecule has 0 saturated heterocycles. The van der Waals surface area contributed by atoms with Gasteiger partial charge in [0, 0.05) is 4.75 Å². The predicted molar refractivity (Wildman–Crippen MR) is 52.0 cm³/mol. The van der Waals surface area contributed by atoms with Crippen LogP contribution in [0.5, 0.6) is 0 Å². The molecule has 0 heterocycles. The maximum Gasteiger partial charge on any atom is 0.0274 e. The largest absolute Gasteiger partial charge is 0.171 e. The monoisotopic (exact) mass is 170 g/mol. The molecular weight excluding hydrogens is 152 g/mol. The number of hydrogen-bond donors (Lipinski definition) is 1. The summed E-state index contributed by atoms with van der Waals surface area (Å²) in [5, 5.41) is 0. The minimum absolute atomic E-state index is 0.384. The van der Waals surface area contributed by atoms with Gasteiger partial charge in [-0.2, -0.15) is 12.6 Å². The van der Waals surface area contributed by atoms with Gasteiger partial charge >= 0.3 is 0 Å². The second-order valence-corrected chi connectivity index (χ2v) is 5.57. The Morgan fingerprint density at radius 3 is 2.09 bits per heavy atom. The molecule has 2 fully saturated rings. The molecule has 0 aromatic rings. The molecule has 0 aromatic heterocycles. The molecule has 0 radical (unpaired) electrons. The van der Waals surface area contributed by atoms with Crippen LogP contribution in [0.1, 0.15) is 40.5 Å². The highest BCUT2D eigenvalue weighted by Gasteiger charge is 2.95. The molecule has 2 saturated carbocycles. The molecule has 0 nitrogen and oxygen atoms in total. The van der Waals surface area contributed by atoms with E-state index in [9.17, 15) is 0 Å². The first kappa shape index (κ1) is 7.97. The highest BCUT2D eigenvalue weighted by atomic mass is 32.1. The van der Waals surface area contributed by atoms with E-state index in [1.807, 2.05) is 0 Å².